The van der Waals surface area contributed by atoms with Gasteiger partial charge in [-0.05, 0) is 43.9 Å². The van der Waals surface area contributed by atoms with Crippen LogP contribution >= 0.6 is 24.0 Å². The molecule has 1 aliphatic rings. The van der Waals surface area contributed by atoms with E-state index in [1.54, 1.807) is 23.5 Å². The van der Waals surface area contributed by atoms with Gasteiger partial charge in [-0.3, -0.25) is 0 Å². The monoisotopic (exact) mass is 554 g/mol. The van der Waals surface area contributed by atoms with Gasteiger partial charge in [0.1, 0.15) is 0 Å². The largest absolute Gasteiger partial charge is 0.382 e. The SMILES string of the molecule is CCNC(=NCc1ccc(S(=O)(=O)N2CCCC2)cc1)NCCCOCCOC.I. The van der Waals surface area contributed by atoms with E-state index in [2.05, 4.69) is 15.6 Å². The molecule has 30 heavy (non-hydrogen) atoms. The first-order chi connectivity index (χ1) is 14.1. The minimum Gasteiger partial charge on any atom is -0.382 e. The molecule has 0 saturated carbocycles. The van der Waals surface area contributed by atoms with Crippen molar-refractivity contribution in [3.63, 3.8) is 0 Å². The van der Waals surface area contributed by atoms with Gasteiger partial charge in [-0.15, -0.1) is 24.0 Å². The molecular formula is C20H35IN4O4S. The summed E-state index contributed by atoms with van der Waals surface area (Å²) in [6.07, 6.45) is 2.74. The van der Waals surface area contributed by atoms with Crippen LogP contribution in [0.25, 0.3) is 0 Å². The lowest BCUT2D eigenvalue weighted by Crippen LogP contribution is -2.38. The Balaban J connectivity index is 0.00000450. The number of benzene rings is 1. The Morgan fingerprint density at radius 1 is 1.10 bits per heavy atom. The summed E-state index contributed by atoms with van der Waals surface area (Å²) < 4.78 is 37.1. The molecule has 2 N–H and O–H groups in total. The number of methoxy groups -OCH3 is 1. The van der Waals surface area contributed by atoms with E-state index in [0.717, 1.165) is 43.9 Å². The van der Waals surface area contributed by atoms with Gasteiger partial charge in [-0.2, -0.15) is 4.31 Å². The Kier molecular flexibility index (Phi) is 13.5. The van der Waals surface area contributed by atoms with Crippen LogP contribution in [0, 0.1) is 0 Å². The fourth-order valence-electron chi connectivity index (χ4n) is 2.98. The highest BCUT2D eigenvalue weighted by molar-refractivity contribution is 14.0. The van der Waals surface area contributed by atoms with E-state index in [1.807, 2.05) is 19.1 Å². The second-order valence-electron chi connectivity index (χ2n) is 6.84. The predicted octanol–water partition coefficient (Wildman–Crippen LogP) is 2.20. The summed E-state index contributed by atoms with van der Waals surface area (Å²) in [6.45, 7) is 7.13. The van der Waals surface area contributed by atoms with E-state index >= 15 is 0 Å². The summed E-state index contributed by atoms with van der Waals surface area (Å²) in [5, 5.41) is 6.49. The van der Waals surface area contributed by atoms with Crippen LogP contribution in [0.4, 0.5) is 0 Å². The summed E-state index contributed by atoms with van der Waals surface area (Å²) in [4.78, 5) is 4.93. The summed E-state index contributed by atoms with van der Waals surface area (Å²) in [6, 6.07) is 7.02. The standard InChI is InChI=1S/C20H34N4O4S.HI/c1-3-21-20(22-11-6-14-28-16-15-27-2)23-17-18-7-9-19(10-8-18)29(25,26)24-12-4-5-13-24;/h7-10H,3-6,11-17H2,1-2H3,(H2,21,22,23);1H. The van der Waals surface area contributed by atoms with Crippen LogP contribution in [0.5, 0.6) is 0 Å². The molecule has 172 valence electrons. The Labute approximate surface area is 197 Å². The van der Waals surface area contributed by atoms with Crippen molar-refractivity contribution in [3.05, 3.63) is 29.8 Å². The number of nitrogens with zero attached hydrogens (tertiary/aromatic N) is 2. The first-order valence-corrected chi connectivity index (χ1v) is 11.7. The van der Waals surface area contributed by atoms with E-state index in [0.29, 0.717) is 44.4 Å². The fourth-order valence-corrected chi connectivity index (χ4v) is 4.50. The molecule has 1 saturated heterocycles. The van der Waals surface area contributed by atoms with Crippen LogP contribution in [0.2, 0.25) is 0 Å². The fraction of sp³-hybridized carbons (Fsp3) is 0.650. The molecule has 0 amide bonds. The Morgan fingerprint density at radius 2 is 1.80 bits per heavy atom. The molecule has 1 heterocycles. The van der Waals surface area contributed by atoms with Crippen LogP contribution in [-0.2, 0) is 26.0 Å². The smallest absolute Gasteiger partial charge is 0.243 e. The lowest BCUT2D eigenvalue weighted by atomic mass is 10.2. The van der Waals surface area contributed by atoms with Gasteiger partial charge in [0.15, 0.2) is 5.96 Å². The van der Waals surface area contributed by atoms with Gasteiger partial charge in [-0.1, -0.05) is 12.1 Å². The number of rotatable bonds is 12. The first kappa shape index (κ1) is 27.1. The molecule has 8 nitrogen and oxygen atoms in total. The predicted molar refractivity (Wildman–Crippen MR) is 130 cm³/mol. The molecule has 0 radical (unpaired) electrons. The number of ether oxygens (including phenoxy) is 2. The number of sulfonamides is 1. The zero-order chi connectivity index (χ0) is 21.0. The van der Waals surface area contributed by atoms with Gasteiger partial charge in [0.2, 0.25) is 10.0 Å². The van der Waals surface area contributed by atoms with Crippen molar-refractivity contribution < 1.29 is 17.9 Å². The Hall–Kier alpha value is -0.950. The molecular weight excluding hydrogens is 519 g/mol. The third-order valence-electron chi connectivity index (χ3n) is 4.58. The highest BCUT2D eigenvalue weighted by atomic mass is 127. The number of guanidine groups is 1. The molecule has 0 aliphatic carbocycles. The Bertz CT molecular complexity index is 723. The van der Waals surface area contributed by atoms with Crippen LogP contribution in [0.3, 0.4) is 0 Å². The maximum atomic E-state index is 12.6. The molecule has 1 fully saturated rings. The number of hydrogen-bond donors (Lipinski definition) is 2. The summed E-state index contributed by atoms with van der Waals surface area (Å²) in [7, 11) is -1.71. The van der Waals surface area contributed by atoms with Crippen molar-refractivity contribution in [2.24, 2.45) is 4.99 Å². The molecule has 0 bridgehead atoms. The second-order valence-corrected chi connectivity index (χ2v) is 8.77. The van der Waals surface area contributed by atoms with E-state index in [1.165, 1.54) is 0 Å². The second kappa shape index (κ2) is 15.0. The van der Waals surface area contributed by atoms with Crippen molar-refractivity contribution >= 4 is 40.0 Å². The van der Waals surface area contributed by atoms with Gasteiger partial charge < -0.3 is 20.1 Å². The van der Waals surface area contributed by atoms with Crippen LogP contribution in [-0.4, -0.2) is 71.8 Å². The molecule has 1 aromatic carbocycles. The zero-order valence-corrected chi connectivity index (χ0v) is 21.1. The molecule has 10 heteroatoms. The quantitative estimate of drug-likeness (QED) is 0.178. The summed E-state index contributed by atoms with van der Waals surface area (Å²) in [5.41, 5.74) is 0.963. The van der Waals surface area contributed by atoms with Gasteiger partial charge in [-0.25, -0.2) is 13.4 Å². The van der Waals surface area contributed by atoms with Gasteiger partial charge in [0.05, 0.1) is 24.7 Å². The summed E-state index contributed by atoms with van der Waals surface area (Å²) >= 11 is 0. The molecule has 1 aromatic rings. The molecule has 0 atom stereocenters. The lowest BCUT2D eigenvalue weighted by molar-refractivity contribution is 0.0698. The maximum absolute atomic E-state index is 12.6. The van der Waals surface area contributed by atoms with Crippen LogP contribution in [0.1, 0.15) is 31.7 Å². The van der Waals surface area contributed by atoms with Gasteiger partial charge >= 0.3 is 0 Å². The van der Waals surface area contributed by atoms with E-state index in [4.69, 9.17) is 9.47 Å². The maximum Gasteiger partial charge on any atom is 0.243 e. The van der Waals surface area contributed by atoms with E-state index in [-0.39, 0.29) is 24.0 Å². The molecule has 0 unspecified atom stereocenters. The average Bonchev–Trinajstić information content (AvgIpc) is 3.27. The van der Waals surface area contributed by atoms with Crippen molar-refractivity contribution in [2.45, 2.75) is 37.6 Å². The number of aliphatic imine (C=N–C) groups is 1. The zero-order valence-electron chi connectivity index (χ0n) is 17.9. The topological polar surface area (TPSA) is 92.3 Å². The number of nitrogens with one attached hydrogen (secondary N) is 2. The molecule has 0 aromatic heterocycles. The minimum atomic E-state index is -3.37. The molecule has 2 rings (SSSR count). The van der Waals surface area contributed by atoms with Crippen molar-refractivity contribution in [3.8, 4) is 0 Å². The van der Waals surface area contributed by atoms with E-state index < -0.39 is 10.0 Å². The van der Waals surface area contributed by atoms with Crippen molar-refractivity contribution in [2.75, 3.05) is 53.1 Å². The minimum absolute atomic E-state index is 0. The van der Waals surface area contributed by atoms with E-state index in [9.17, 15) is 8.42 Å². The van der Waals surface area contributed by atoms with Gasteiger partial charge in [0, 0.05) is 39.9 Å². The lowest BCUT2D eigenvalue weighted by Gasteiger charge is -2.15. The highest BCUT2D eigenvalue weighted by Gasteiger charge is 2.26. The van der Waals surface area contributed by atoms with Crippen LogP contribution < -0.4 is 10.6 Å². The van der Waals surface area contributed by atoms with Gasteiger partial charge in [0.25, 0.3) is 0 Å². The Morgan fingerprint density at radius 3 is 2.43 bits per heavy atom. The first-order valence-electron chi connectivity index (χ1n) is 10.3. The average molecular weight is 554 g/mol. The highest BCUT2D eigenvalue weighted by Crippen LogP contribution is 2.21. The molecule has 0 spiro atoms. The van der Waals surface area contributed by atoms with Crippen molar-refractivity contribution in [1.29, 1.82) is 0 Å². The molecule has 1 aliphatic heterocycles. The normalized spacial score (nSPS) is 15.1. The number of hydrogen-bond acceptors (Lipinski definition) is 5. The third-order valence-corrected chi connectivity index (χ3v) is 6.49. The van der Waals surface area contributed by atoms with Crippen molar-refractivity contribution in [1.82, 2.24) is 14.9 Å². The summed E-state index contributed by atoms with van der Waals surface area (Å²) in [5.74, 6) is 0.734. The third kappa shape index (κ3) is 9.04. The number of halogens is 1. The van der Waals surface area contributed by atoms with Crippen LogP contribution in [0.15, 0.2) is 34.2 Å².